The molecule has 0 radical (unpaired) electrons. The molecular weight excluding hydrogens is 398 g/mol. The van der Waals surface area contributed by atoms with E-state index < -0.39 is 0 Å². The van der Waals surface area contributed by atoms with Crippen molar-refractivity contribution in [3.05, 3.63) is 88.7 Å². The van der Waals surface area contributed by atoms with Gasteiger partial charge in [-0.05, 0) is 50.9 Å². The van der Waals surface area contributed by atoms with Crippen LogP contribution in [0.3, 0.4) is 0 Å². The van der Waals surface area contributed by atoms with Gasteiger partial charge < -0.3 is 15.5 Å². The van der Waals surface area contributed by atoms with Crippen LogP contribution in [0.15, 0.2) is 60.7 Å². The highest BCUT2D eigenvalue weighted by Crippen LogP contribution is 2.18. The summed E-state index contributed by atoms with van der Waals surface area (Å²) >= 11 is 0. The highest BCUT2D eigenvalue weighted by Gasteiger charge is 2.21. The number of carbonyl (C=O) groups excluding carboxylic acids is 1. The number of benzene rings is 2. The summed E-state index contributed by atoms with van der Waals surface area (Å²) in [4.78, 5) is 15.3. The van der Waals surface area contributed by atoms with Gasteiger partial charge in [-0.2, -0.15) is 5.10 Å². The lowest BCUT2D eigenvalue weighted by atomic mass is 10.1. The fourth-order valence-corrected chi connectivity index (χ4v) is 4.42. The molecule has 6 nitrogen and oxygen atoms in total. The molecule has 1 aliphatic rings. The summed E-state index contributed by atoms with van der Waals surface area (Å²) in [5, 5.41) is 11.0. The number of likely N-dealkylation sites (tertiary alicyclic amines) is 1. The lowest BCUT2D eigenvalue weighted by molar-refractivity contribution is 0.229. The molecular formula is C26H33N5O. The fraction of sp³-hybridized carbons (Fsp3) is 0.385. The molecule has 0 bridgehead atoms. The number of nitrogens with one attached hydrogen (secondary N) is 2. The summed E-state index contributed by atoms with van der Waals surface area (Å²) in [6.07, 6.45) is 2.47. The van der Waals surface area contributed by atoms with Gasteiger partial charge in [0, 0.05) is 24.3 Å². The van der Waals surface area contributed by atoms with Gasteiger partial charge in [-0.15, -0.1) is 0 Å². The largest absolute Gasteiger partial charge is 0.334 e. The van der Waals surface area contributed by atoms with E-state index >= 15 is 0 Å². The molecule has 168 valence electrons. The quantitative estimate of drug-likeness (QED) is 0.562. The molecule has 1 unspecified atom stereocenters. The predicted octanol–water partition coefficient (Wildman–Crippen LogP) is 4.18. The normalized spacial score (nSPS) is 14.9. The number of aryl methyl sites for hydroxylation is 1. The van der Waals surface area contributed by atoms with E-state index in [-0.39, 0.29) is 12.1 Å². The molecule has 6 heteroatoms. The molecule has 32 heavy (non-hydrogen) atoms. The van der Waals surface area contributed by atoms with Crippen molar-refractivity contribution in [1.29, 1.82) is 0 Å². The van der Waals surface area contributed by atoms with Gasteiger partial charge in [-0.3, -0.25) is 4.68 Å². The average molecular weight is 432 g/mol. The van der Waals surface area contributed by atoms with Gasteiger partial charge in [0.15, 0.2) is 0 Å². The number of hydrogen-bond acceptors (Lipinski definition) is 3. The Morgan fingerprint density at radius 3 is 2.34 bits per heavy atom. The van der Waals surface area contributed by atoms with E-state index in [4.69, 9.17) is 5.10 Å². The Morgan fingerprint density at radius 1 is 1.00 bits per heavy atom. The maximum atomic E-state index is 12.8. The van der Waals surface area contributed by atoms with Crippen molar-refractivity contribution in [3.63, 3.8) is 0 Å². The third-order valence-electron chi connectivity index (χ3n) is 6.28. The van der Waals surface area contributed by atoms with Crippen LogP contribution in [0.4, 0.5) is 4.79 Å². The number of carbonyl (C=O) groups is 1. The third-order valence-corrected chi connectivity index (χ3v) is 6.28. The molecule has 2 aromatic carbocycles. The summed E-state index contributed by atoms with van der Waals surface area (Å²) < 4.78 is 2.01. The lowest BCUT2D eigenvalue weighted by Crippen LogP contribution is -2.42. The van der Waals surface area contributed by atoms with Crippen LogP contribution in [0, 0.1) is 13.8 Å². The molecule has 1 atom stereocenters. The minimum atomic E-state index is -0.146. The van der Waals surface area contributed by atoms with Crippen LogP contribution >= 0.6 is 0 Å². The Hall–Kier alpha value is -3.12. The second kappa shape index (κ2) is 10.5. The Morgan fingerprint density at radius 2 is 1.66 bits per heavy atom. The highest BCUT2D eigenvalue weighted by molar-refractivity contribution is 5.74. The van der Waals surface area contributed by atoms with Crippen LogP contribution in [0.2, 0.25) is 0 Å². The van der Waals surface area contributed by atoms with E-state index in [1.54, 1.807) is 0 Å². The maximum Gasteiger partial charge on any atom is 0.315 e. The van der Waals surface area contributed by atoms with Gasteiger partial charge in [0.05, 0.1) is 18.3 Å². The molecule has 2 heterocycles. The van der Waals surface area contributed by atoms with Crippen molar-refractivity contribution in [1.82, 2.24) is 25.3 Å². The van der Waals surface area contributed by atoms with Crippen LogP contribution < -0.4 is 10.6 Å². The van der Waals surface area contributed by atoms with E-state index in [9.17, 15) is 4.79 Å². The van der Waals surface area contributed by atoms with E-state index in [1.165, 1.54) is 18.4 Å². The van der Waals surface area contributed by atoms with E-state index in [2.05, 4.69) is 46.7 Å². The Balaban J connectivity index is 1.39. The van der Waals surface area contributed by atoms with Crippen molar-refractivity contribution in [2.75, 3.05) is 19.6 Å². The Labute approximate surface area is 190 Å². The first kappa shape index (κ1) is 22.1. The molecule has 0 saturated carbocycles. The van der Waals surface area contributed by atoms with Crippen LogP contribution in [0.25, 0.3) is 0 Å². The molecule has 4 rings (SSSR count). The molecule has 3 aromatic rings. The van der Waals surface area contributed by atoms with Gasteiger partial charge in [0.25, 0.3) is 0 Å². The van der Waals surface area contributed by atoms with Crippen molar-refractivity contribution in [3.8, 4) is 0 Å². The average Bonchev–Trinajstić information content (AvgIpc) is 3.41. The summed E-state index contributed by atoms with van der Waals surface area (Å²) in [6, 6.07) is 20.4. The predicted molar refractivity (Wildman–Crippen MR) is 127 cm³/mol. The fourth-order valence-electron chi connectivity index (χ4n) is 4.42. The van der Waals surface area contributed by atoms with Crippen LogP contribution in [0.5, 0.6) is 0 Å². The van der Waals surface area contributed by atoms with Gasteiger partial charge in [-0.1, -0.05) is 60.7 Å². The molecule has 2 N–H and O–H groups in total. The summed E-state index contributed by atoms with van der Waals surface area (Å²) in [7, 11) is 0. The maximum absolute atomic E-state index is 12.8. The number of nitrogens with zero attached hydrogens (tertiary/aromatic N) is 3. The first-order valence-electron chi connectivity index (χ1n) is 11.5. The zero-order chi connectivity index (χ0) is 22.3. The number of hydrogen-bond donors (Lipinski definition) is 2. The second-order valence-electron chi connectivity index (χ2n) is 8.59. The SMILES string of the molecule is Cc1nn(Cc2ccccc2)c(C)c1CNC(=O)NC(CN1CCCC1)c1ccccc1. The summed E-state index contributed by atoms with van der Waals surface area (Å²) in [5.41, 5.74) is 5.46. The number of urea groups is 1. The van der Waals surface area contributed by atoms with Crippen molar-refractivity contribution in [2.45, 2.75) is 45.8 Å². The third kappa shape index (κ3) is 5.56. The van der Waals surface area contributed by atoms with Crippen molar-refractivity contribution < 1.29 is 4.79 Å². The first-order valence-corrected chi connectivity index (χ1v) is 11.5. The standard InChI is InChI=1S/C26H33N5O/c1-20-24(21(2)31(29-20)18-22-11-5-3-6-12-22)17-27-26(32)28-25(19-30-15-9-10-16-30)23-13-7-4-8-14-23/h3-8,11-14,25H,9-10,15-19H2,1-2H3,(H2,27,28,32). The second-order valence-corrected chi connectivity index (χ2v) is 8.59. The van der Waals surface area contributed by atoms with Crippen molar-refractivity contribution in [2.24, 2.45) is 0 Å². The lowest BCUT2D eigenvalue weighted by Gasteiger charge is -2.25. The Bertz CT molecular complexity index is 1010. The first-order chi connectivity index (χ1) is 15.6. The number of aromatic nitrogens is 2. The Kier molecular flexibility index (Phi) is 7.22. The topological polar surface area (TPSA) is 62.2 Å². The van der Waals surface area contributed by atoms with Crippen LogP contribution in [-0.4, -0.2) is 40.3 Å². The highest BCUT2D eigenvalue weighted by atomic mass is 16.2. The number of rotatable bonds is 8. The van der Waals surface area contributed by atoms with Crippen molar-refractivity contribution >= 4 is 6.03 Å². The van der Waals surface area contributed by atoms with E-state index in [0.29, 0.717) is 6.54 Å². The molecule has 0 spiro atoms. The summed E-state index contributed by atoms with van der Waals surface area (Å²) in [6.45, 7) is 8.30. The smallest absolute Gasteiger partial charge is 0.315 e. The monoisotopic (exact) mass is 431 g/mol. The van der Waals surface area contributed by atoms with Gasteiger partial charge in [0.1, 0.15) is 0 Å². The minimum absolute atomic E-state index is 0.0303. The van der Waals surface area contributed by atoms with Gasteiger partial charge in [0.2, 0.25) is 0 Å². The number of amides is 2. The summed E-state index contributed by atoms with van der Waals surface area (Å²) in [5.74, 6) is 0. The zero-order valence-electron chi connectivity index (χ0n) is 19.1. The molecule has 1 fully saturated rings. The molecule has 1 aliphatic heterocycles. The van der Waals surface area contributed by atoms with Crippen LogP contribution in [-0.2, 0) is 13.1 Å². The molecule has 1 aromatic heterocycles. The molecule has 0 aliphatic carbocycles. The van der Waals surface area contributed by atoms with Gasteiger partial charge >= 0.3 is 6.03 Å². The zero-order valence-corrected chi connectivity index (χ0v) is 19.1. The minimum Gasteiger partial charge on any atom is -0.334 e. The van der Waals surface area contributed by atoms with Gasteiger partial charge in [-0.25, -0.2) is 4.79 Å². The van der Waals surface area contributed by atoms with E-state index in [0.717, 1.165) is 48.7 Å². The van der Waals surface area contributed by atoms with E-state index in [1.807, 2.05) is 48.0 Å². The van der Waals surface area contributed by atoms with Crippen LogP contribution in [0.1, 0.15) is 47.0 Å². The molecule has 1 saturated heterocycles. The molecule has 2 amide bonds.